The molecule has 0 saturated carbocycles. The number of rotatable bonds is 2. The lowest BCUT2D eigenvalue weighted by Crippen LogP contribution is -2.26. The summed E-state index contributed by atoms with van der Waals surface area (Å²) in [5.74, 6) is -2.58. The van der Waals surface area contributed by atoms with Crippen LogP contribution in [-0.4, -0.2) is 17.7 Å². The smallest absolute Gasteiger partial charge is 0.227 e. The first-order valence-electron chi connectivity index (χ1n) is 4.94. The fourth-order valence-electron chi connectivity index (χ4n) is 1.79. The van der Waals surface area contributed by atoms with Crippen molar-refractivity contribution in [2.45, 2.75) is 6.42 Å². The van der Waals surface area contributed by atoms with Crippen molar-refractivity contribution in [1.29, 1.82) is 0 Å². The van der Waals surface area contributed by atoms with Crippen LogP contribution in [-0.2, 0) is 9.59 Å². The lowest BCUT2D eigenvalue weighted by molar-refractivity contribution is -0.120. The minimum Gasteiger partial charge on any atom is -0.309 e. The Morgan fingerprint density at radius 3 is 2.65 bits per heavy atom. The van der Waals surface area contributed by atoms with Gasteiger partial charge >= 0.3 is 0 Å². The van der Waals surface area contributed by atoms with Crippen LogP contribution in [0.3, 0.4) is 0 Å². The summed E-state index contributed by atoms with van der Waals surface area (Å²) in [6.07, 6.45) is -0.0425. The lowest BCUT2D eigenvalue weighted by atomic mass is 10.1. The molecule has 1 aromatic rings. The van der Waals surface area contributed by atoms with Crippen molar-refractivity contribution in [3.8, 4) is 0 Å². The first-order chi connectivity index (χ1) is 7.99. The highest BCUT2D eigenvalue weighted by atomic mass is 35.5. The Bertz CT molecular complexity index is 492. The number of halogens is 3. The van der Waals surface area contributed by atoms with E-state index in [2.05, 4.69) is 0 Å². The van der Waals surface area contributed by atoms with Crippen molar-refractivity contribution < 1.29 is 18.4 Å². The summed E-state index contributed by atoms with van der Waals surface area (Å²) in [5.41, 5.74) is -0.0307. The maximum absolute atomic E-state index is 13.5. The Hall–Kier alpha value is -1.49. The van der Waals surface area contributed by atoms with Gasteiger partial charge in [-0.05, 0) is 23.7 Å². The van der Waals surface area contributed by atoms with Gasteiger partial charge in [-0.2, -0.15) is 0 Å². The summed E-state index contributed by atoms with van der Waals surface area (Å²) >= 11 is 5.30. The molecule has 90 valence electrons. The number of carbonyl (C=O) groups excluding carboxylic acids is 2. The second kappa shape index (κ2) is 4.41. The molecule has 1 fully saturated rings. The van der Waals surface area contributed by atoms with E-state index in [0.717, 1.165) is 11.0 Å². The highest BCUT2D eigenvalue weighted by molar-refractivity contribution is 6.64. The van der Waals surface area contributed by atoms with Gasteiger partial charge in [0.05, 0.1) is 11.6 Å². The summed E-state index contributed by atoms with van der Waals surface area (Å²) in [6.45, 7) is 0.0315. The molecule has 0 bridgehead atoms. The second-order valence-electron chi connectivity index (χ2n) is 3.81. The maximum Gasteiger partial charge on any atom is 0.227 e. The van der Waals surface area contributed by atoms with E-state index >= 15 is 0 Å². The lowest BCUT2D eigenvalue weighted by Gasteiger charge is -2.16. The number of hydrogen-bond acceptors (Lipinski definition) is 2. The molecule has 1 atom stereocenters. The van der Waals surface area contributed by atoms with Gasteiger partial charge in [0, 0.05) is 19.0 Å². The van der Waals surface area contributed by atoms with E-state index in [1.54, 1.807) is 0 Å². The van der Waals surface area contributed by atoms with Gasteiger partial charge in [0.15, 0.2) is 0 Å². The number of anilines is 1. The molecule has 1 saturated heterocycles. The summed E-state index contributed by atoms with van der Waals surface area (Å²) in [4.78, 5) is 23.6. The molecule has 1 aliphatic rings. The van der Waals surface area contributed by atoms with Gasteiger partial charge in [0.25, 0.3) is 0 Å². The van der Waals surface area contributed by atoms with Crippen LogP contribution in [0, 0.1) is 17.6 Å². The third-order valence-electron chi connectivity index (χ3n) is 2.65. The molecule has 0 unspecified atom stereocenters. The van der Waals surface area contributed by atoms with Crippen LogP contribution in [0.25, 0.3) is 0 Å². The number of hydrogen-bond donors (Lipinski definition) is 0. The Morgan fingerprint density at radius 1 is 1.41 bits per heavy atom. The van der Waals surface area contributed by atoms with E-state index in [0.29, 0.717) is 6.07 Å². The number of benzene rings is 1. The zero-order valence-corrected chi connectivity index (χ0v) is 9.38. The van der Waals surface area contributed by atoms with Crippen LogP contribution in [0.4, 0.5) is 14.5 Å². The largest absolute Gasteiger partial charge is 0.309 e. The summed E-state index contributed by atoms with van der Waals surface area (Å²) in [6, 6.07) is 2.92. The van der Waals surface area contributed by atoms with Gasteiger partial charge in [0.1, 0.15) is 11.6 Å². The summed E-state index contributed by atoms with van der Waals surface area (Å²) in [7, 11) is 0. The fourth-order valence-corrected chi connectivity index (χ4v) is 1.94. The normalized spacial score (nSPS) is 19.8. The molecule has 3 nitrogen and oxygen atoms in total. The van der Waals surface area contributed by atoms with Crippen LogP contribution < -0.4 is 4.90 Å². The van der Waals surface area contributed by atoms with E-state index in [-0.39, 0.29) is 18.7 Å². The van der Waals surface area contributed by atoms with Crippen molar-refractivity contribution in [3.63, 3.8) is 0 Å². The monoisotopic (exact) mass is 259 g/mol. The molecule has 0 aromatic heterocycles. The quantitative estimate of drug-likeness (QED) is 0.763. The Balaban J connectivity index is 2.29. The second-order valence-corrected chi connectivity index (χ2v) is 4.18. The third kappa shape index (κ3) is 2.29. The first kappa shape index (κ1) is 12.0. The predicted octanol–water partition coefficient (Wildman–Crippen LogP) is 2.08. The van der Waals surface area contributed by atoms with Gasteiger partial charge < -0.3 is 4.90 Å². The Morgan fingerprint density at radius 2 is 2.12 bits per heavy atom. The van der Waals surface area contributed by atoms with Crippen LogP contribution in [0.2, 0.25) is 0 Å². The third-order valence-corrected chi connectivity index (χ3v) is 2.96. The van der Waals surface area contributed by atoms with Crippen molar-refractivity contribution in [1.82, 2.24) is 0 Å². The highest BCUT2D eigenvalue weighted by Crippen LogP contribution is 2.28. The Labute approximate surface area is 101 Å². The molecule has 0 radical (unpaired) electrons. The van der Waals surface area contributed by atoms with Crippen molar-refractivity contribution in [2.24, 2.45) is 5.92 Å². The van der Waals surface area contributed by atoms with E-state index in [9.17, 15) is 18.4 Å². The molecule has 0 N–H and O–H groups in total. The predicted molar refractivity (Wildman–Crippen MR) is 57.7 cm³/mol. The van der Waals surface area contributed by atoms with Crippen LogP contribution in [0.5, 0.6) is 0 Å². The average molecular weight is 260 g/mol. The zero-order valence-electron chi connectivity index (χ0n) is 8.62. The molecule has 1 aliphatic heterocycles. The molecule has 0 spiro atoms. The SMILES string of the molecule is O=C(Cl)[C@H]1CC(=O)N(c2ccc(F)cc2F)C1. The molecular formula is C11H8ClF2NO2. The van der Waals surface area contributed by atoms with E-state index in [1.165, 1.54) is 6.07 Å². The molecule has 2 rings (SSSR count). The molecule has 6 heteroatoms. The highest BCUT2D eigenvalue weighted by Gasteiger charge is 2.35. The molecule has 17 heavy (non-hydrogen) atoms. The van der Waals surface area contributed by atoms with Crippen molar-refractivity contribution >= 4 is 28.4 Å². The van der Waals surface area contributed by atoms with Gasteiger partial charge in [-0.1, -0.05) is 0 Å². The minimum absolute atomic E-state index is 0.0307. The number of nitrogens with zero attached hydrogens (tertiary/aromatic N) is 1. The molecule has 0 aliphatic carbocycles. The van der Waals surface area contributed by atoms with Crippen LogP contribution >= 0.6 is 11.6 Å². The van der Waals surface area contributed by atoms with Gasteiger partial charge in [-0.25, -0.2) is 8.78 Å². The van der Waals surface area contributed by atoms with Gasteiger partial charge in [0.2, 0.25) is 11.1 Å². The average Bonchev–Trinajstić information content (AvgIpc) is 2.61. The fraction of sp³-hybridized carbons (Fsp3) is 0.273. The molecular weight excluding hydrogens is 252 g/mol. The Kier molecular flexibility index (Phi) is 3.11. The number of amides is 1. The zero-order chi connectivity index (χ0) is 12.6. The van der Waals surface area contributed by atoms with E-state index in [1.807, 2.05) is 0 Å². The molecule has 1 amide bonds. The topological polar surface area (TPSA) is 37.4 Å². The minimum atomic E-state index is -0.832. The van der Waals surface area contributed by atoms with E-state index < -0.39 is 28.7 Å². The molecule has 1 heterocycles. The molecule has 1 aromatic carbocycles. The maximum atomic E-state index is 13.5. The van der Waals surface area contributed by atoms with Crippen molar-refractivity contribution in [3.05, 3.63) is 29.8 Å². The first-order valence-corrected chi connectivity index (χ1v) is 5.31. The van der Waals surface area contributed by atoms with Gasteiger partial charge in [-0.15, -0.1) is 0 Å². The summed E-state index contributed by atoms with van der Waals surface area (Å²) < 4.78 is 26.2. The van der Waals surface area contributed by atoms with E-state index in [4.69, 9.17) is 11.6 Å². The standard InChI is InChI=1S/C11H8ClF2NO2/c12-11(17)6-3-10(16)15(5-6)9-2-1-7(13)4-8(9)14/h1-2,4,6H,3,5H2/t6-/m0/s1. The van der Waals surface area contributed by atoms with Crippen LogP contribution in [0.1, 0.15) is 6.42 Å². The number of carbonyl (C=O) groups is 2. The summed E-state index contributed by atoms with van der Waals surface area (Å²) in [5, 5.41) is -0.622. The van der Waals surface area contributed by atoms with Crippen molar-refractivity contribution in [2.75, 3.05) is 11.4 Å². The van der Waals surface area contributed by atoms with Crippen LogP contribution in [0.15, 0.2) is 18.2 Å². The van der Waals surface area contributed by atoms with Gasteiger partial charge in [-0.3, -0.25) is 9.59 Å².